The number of hydrogen-bond acceptors (Lipinski definition) is 6. The van der Waals surface area contributed by atoms with Crippen molar-refractivity contribution in [3.8, 4) is 17.0 Å². The molecule has 8 heteroatoms. The number of piperidine rings is 1. The van der Waals surface area contributed by atoms with Crippen molar-refractivity contribution in [3.05, 3.63) is 65.9 Å². The molecule has 7 nitrogen and oxygen atoms in total. The fourth-order valence-corrected chi connectivity index (χ4v) is 5.03. The van der Waals surface area contributed by atoms with Gasteiger partial charge in [0.15, 0.2) is 0 Å². The number of nitrogens with zero attached hydrogens (tertiary/aromatic N) is 4. The molecule has 5 rings (SSSR count). The van der Waals surface area contributed by atoms with Crippen molar-refractivity contribution in [2.24, 2.45) is 5.92 Å². The lowest BCUT2D eigenvalue weighted by molar-refractivity contribution is -0.125. The van der Waals surface area contributed by atoms with Crippen molar-refractivity contribution in [2.75, 3.05) is 25.1 Å². The van der Waals surface area contributed by atoms with Gasteiger partial charge < -0.3 is 15.0 Å². The maximum Gasteiger partial charge on any atom is 0.223 e. The van der Waals surface area contributed by atoms with Gasteiger partial charge in [-0.3, -0.25) is 4.79 Å². The average Bonchev–Trinajstić information content (AvgIpc) is 3.43. The summed E-state index contributed by atoms with van der Waals surface area (Å²) in [6, 6.07) is 16.1. The molecular weight excluding hydrogens is 434 g/mol. The third kappa shape index (κ3) is 4.71. The van der Waals surface area contributed by atoms with Crippen LogP contribution in [0.25, 0.3) is 16.2 Å². The van der Waals surface area contributed by atoms with Crippen LogP contribution < -0.4 is 15.0 Å². The Morgan fingerprint density at radius 2 is 1.85 bits per heavy atom. The summed E-state index contributed by atoms with van der Waals surface area (Å²) in [5.74, 6) is 0.984. The van der Waals surface area contributed by atoms with Gasteiger partial charge in [-0.25, -0.2) is 9.50 Å². The Bertz CT molecular complexity index is 1210. The van der Waals surface area contributed by atoms with Crippen molar-refractivity contribution in [1.29, 1.82) is 0 Å². The van der Waals surface area contributed by atoms with E-state index in [4.69, 9.17) is 14.8 Å². The monoisotopic (exact) mass is 461 g/mol. The number of rotatable bonds is 6. The van der Waals surface area contributed by atoms with Gasteiger partial charge in [-0.05, 0) is 37.5 Å². The van der Waals surface area contributed by atoms with Crippen LogP contribution in [-0.2, 0) is 11.3 Å². The van der Waals surface area contributed by atoms with Crippen LogP contribution in [0.4, 0.5) is 5.13 Å². The van der Waals surface area contributed by atoms with E-state index in [0.717, 1.165) is 58.6 Å². The SMILES string of the molecule is COc1ccc(CNC(=O)C2CCN(c3nn4cc(-c5ccc(C)cc5)nc4s3)CC2)cc1. The molecule has 1 amide bonds. The van der Waals surface area contributed by atoms with Gasteiger partial charge in [-0.15, -0.1) is 5.10 Å². The number of imidazole rings is 1. The predicted molar refractivity (Wildman–Crippen MR) is 131 cm³/mol. The molecule has 1 aliphatic rings. The number of carbonyl (C=O) groups is 1. The van der Waals surface area contributed by atoms with Crippen LogP contribution >= 0.6 is 11.3 Å². The first-order chi connectivity index (χ1) is 16.1. The topological polar surface area (TPSA) is 71.8 Å². The lowest BCUT2D eigenvalue weighted by atomic mass is 9.96. The highest BCUT2D eigenvalue weighted by Crippen LogP contribution is 2.30. The van der Waals surface area contributed by atoms with E-state index < -0.39 is 0 Å². The fourth-order valence-electron chi connectivity index (χ4n) is 4.09. The number of amides is 1. The summed E-state index contributed by atoms with van der Waals surface area (Å²) in [6.07, 6.45) is 3.63. The minimum absolute atomic E-state index is 0.0386. The third-order valence-electron chi connectivity index (χ3n) is 6.14. The van der Waals surface area contributed by atoms with Crippen LogP contribution in [0, 0.1) is 12.8 Å². The minimum Gasteiger partial charge on any atom is -0.497 e. The second-order valence-electron chi connectivity index (χ2n) is 8.43. The first-order valence-corrected chi connectivity index (χ1v) is 12.0. The Hall–Kier alpha value is -3.39. The predicted octanol–water partition coefficient (Wildman–Crippen LogP) is 4.31. The van der Waals surface area contributed by atoms with Crippen LogP contribution in [0.2, 0.25) is 0 Å². The molecule has 0 bridgehead atoms. The molecule has 1 N–H and O–H groups in total. The Labute approximate surface area is 197 Å². The van der Waals surface area contributed by atoms with E-state index in [0.29, 0.717) is 6.54 Å². The van der Waals surface area contributed by atoms with Gasteiger partial charge in [0, 0.05) is 31.1 Å². The maximum absolute atomic E-state index is 12.6. The molecule has 3 heterocycles. The standard InChI is InChI=1S/C25H27N5O2S/c1-17-3-7-19(8-4-17)22-16-30-24(27-22)33-25(28-30)29-13-11-20(12-14-29)23(31)26-15-18-5-9-21(32-2)10-6-18/h3-10,16,20H,11-15H2,1-2H3,(H,26,31). The number of aromatic nitrogens is 3. The largest absolute Gasteiger partial charge is 0.497 e. The summed E-state index contributed by atoms with van der Waals surface area (Å²) in [4.78, 5) is 20.6. The first kappa shape index (κ1) is 21.5. The zero-order chi connectivity index (χ0) is 22.8. The van der Waals surface area contributed by atoms with E-state index in [2.05, 4.69) is 41.4 Å². The lowest BCUT2D eigenvalue weighted by Crippen LogP contribution is -2.40. The van der Waals surface area contributed by atoms with Crippen molar-refractivity contribution in [2.45, 2.75) is 26.3 Å². The number of fused-ring (bicyclic) bond motifs is 1. The molecule has 170 valence electrons. The van der Waals surface area contributed by atoms with Gasteiger partial charge in [0.25, 0.3) is 0 Å². The van der Waals surface area contributed by atoms with Gasteiger partial charge in [-0.1, -0.05) is 53.3 Å². The van der Waals surface area contributed by atoms with Crippen LogP contribution in [0.1, 0.15) is 24.0 Å². The van der Waals surface area contributed by atoms with Crippen molar-refractivity contribution in [1.82, 2.24) is 19.9 Å². The quantitative estimate of drug-likeness (QED) is 0.463. The van der Waals surface area contributed by atoms with Gasteiger partial charge in [0.1, 0.15) is 5.75 Å². The summed E-state index contributed by atoms with van der Waals surface area (Å²) < 4.78 is 7.04. The smallest absolute Gasteiger partial charge is 0.223 e. The molecule has 4 aromatic rings. The summed E-state index contributed by atoms with van der Waals surface area (Å²) in [5, 5.41) is 8.79. The Morgan fingerprint density at radius 1 is 1.12 bits per heavy atom. The molecule has 0 unspecified atom stereocenters. The Balaban J connectivity index is 1.16. The van der Waals surface area contributed by atoms with E-state index in [1.807, 2.05) is 35.0 Å². The number of hydrogen-bond donors (Lipinski definition) is 1. The Morgan fingerprint density at radius 3 is 2.52 bits per heavy atom. The summed E-state index contributed by atoms with van der Waals surface area (Å²) in [7, 11) is 1.65. The molecule has 2 aromatic carbocycles. The molecule has 0 saturated carbocycles. The highest BCUT2D eigenvalue weighted by Gasteiger charge is 2.26. The summed E-state index contributed by atoms with van der Waals surface area (Å²) in [6.45, 7) is 4.26. The summed E-state index contributed by atoms with van der Waals surface area (Å²) in [5.41, 5.74) is 4.34. The van der Waals surface area contributed by atoms with Crippen molar-refractivity contribution >= 4 is 27.3 Å². The number of benzene rings is 2. The fraction of sp³-hybridized carbons (Fsp3) is 0.320. The molecule has 0 atom stereocenters. The lowest BCUT2D eigenvalue weighted by Gasteiger charge is -2.30. The molecular formula is C25H27N5O2S. The highest BCUT2D eigenvalue weighted by molar-refractivity contribution is 7.20. The van der Waals surface area contributed by atoms with E-state index in [1.165, 1.54) is 5.56 Å². The van der Waals surface area contributed by atoms with Crippen molar-refractivity contribution < 1.29 is 9.53 Å². The molecule has 1 fully saturated rings. The molecule has 0 radical (unpaired) electrons. The normalized spacial score (nSPS) is 14.5. The first-order valence-electron chi connectivity index (χ1n) is 11.2. The highest BCUT2D eigenvalue weighted by atomic mass is 32.1. The molecule has 1 saturated heterocycles. The van der Waals surface area contributed by atoms with Crippen LogP contribution in [0.15, 0.2) is 54.7 Å². The second-order valence-corrected chi connectivity index (χ2v) is 9.37. The number of methoxy groups -OCH3 is 1. The zero-order valence-electron chi connectivity index (χ0n) is 18.8. The minimum atomic E-state index is 0.0386. The van der Waals surface area contributed by atoms with Crippen molar-refractivity contribution in [3.63, 3.8) is 0 Å². The van der Waals surface area contributed by atoms with E-state index in [-0.39, 0.29) is 11.8 Å². The number of nitrogens with one attached hydrogen (secondary N) is 1. The molecule has 2 aromatic heterocycles. The Kier molecular flexibility index (Phi) is 6.00. The number of aryl methyl sites for hydroxylation is 1. The zero-order valence-corrected chi connectivity index (χ0v) is 19.6. The van der Waals surface area contributed by atoms with Gasteiger partial charge in [0.05, 0.1) is 19.0 Å². The van der Waals surface area contributed by atoms with Gasteiger partial charge in [0.2, 0.25) is 16.0 Å². The third-order valence-corrected chi connectivity index (χ3v) is 7.13. The van der Waals surface area contributed by atoms with E-state index in [1.54, 1.807) is 18.4 Å². The molecule has 1 aliphatic heterocycles. The molecule has 33 heavy (non-hydrogen) atoms. The van der Waals surface area contributed by atoms with Crippen LogP contribution in [0.5, 0.6) is 5.75 Å². The second kappa shape index (κ2) is 9.23. The van der Waals surface area contributed by atoms with E-state index >= 15 is 0 Å². The maximum atomic E-state index is 12.6. The summed E-state index contributed by atoms with van der Waals surface area (Å²) >= 11 is 1.60. The van der Waals surface area contributed by atoms with Crippen LogP contribution in [-0.4, -0.2) is 40.7 Å². The molecule has 0 aliphatic carbocycles. The number of ether oxygens (including phenoxy) is 1. The molecule has 0 spiro atoms. The van der Waals surface area contributed by atoms with Gasteiger partial charge >= 0.3 is 0 Å². The van der Waals surface area contributed by atoms with E-state index in [9.17, 15) is 4.79 Å². The number of anilines is 1. The van der Waals surface area contributed by atoms with Gasteiger partial charge in [-0.2, -0.15) is 0 Å². The average molecular weight is 462 g/mol. The number of carbonyl (C=O) groups excluding carboxylic acids is 1. The van der Waals surface area contributed by atoms with Crippen LogP contribution in [0.3, 0.4) is 0 Å².